The number of aromatic nitrogens is 7. The molecule has 0 bridgehead atoms. The van der Waals surface area contributed by atoms with Crippen LogP contribution >= 0.6 is 0 Å². The van der Waals surface area contributed by atoms with Gasteiger partial charge < -0.3 is 10.3 Å². The summed E-state index contributed by atoms with van der Waals surface area (Å²) >= 11 is 0. The molecule has 11 nitrogen and oxygen atoms in total. The van der Waals surface area contributed by atoms with Crippen LogP contribution in [0, 0.1) is 6.92 Å². The molecule has 0 aliphatic heterocycles. The van der Waals surface area contributed by atoms with Crippen LogP contribution in [0.5, 0.6) is 0 Å². The zero-order valence-electron chi connectivity index (χ0n) is 10.2. The van der Waals surface area contributed by atoms with Crippen molar-refractivity contribution in [1.82, 2.24) is 34.5 Å². The Hall–Kier alpha value is -3.11. The molecular weight excluding hydrogens is 268 g/mol. The summed E-state index contributed by atoms with van der Waals surface area (Å²) < 4.78 is 6.96. The standard InChI is InChI=1S/C9H8N8O3/c1-4-12-5(20-14-4)2-17-9(19)16-3-11-6(7(10)18)8(16)13-15-17/h3H,2H2,1H3,(H2,10,18). The molecule has 0 saturated carbocycles. The number of aryl methyl sites for hydroxylation is 1. The van der Waals surface area contributed by atoms with Gasteiger partial charge in [-0.15, -0.1) is 5.10 Å². The predicted molar refractivity (Wildman–Crippen MR) is 61.7 cm³/mol. The summed E-state index contributed by atoms with van der Waals surface area (Å²) in [5.41, 5.74) is 4.45. The number of nitrogens with two attached hydrogens (primary N) is 1. The highest BCUT2D eigenvalue weighted by Crippen LogP contribution is 2.02. The van der Waals surface area contributed by atoms with Crippen LogP contribution in [0.3, 0.4) is 0 Å². The summed E-state index contributed by atoms with van der Waals surface area (Å²) in [4.78, 5) is 30.9. The molecule has 1 amide bonds. The Labute approximate surface area is 110 Å². The number of hydrogen-bond acceptors (Lipinski definition) is 8. The van der Waals surface area contributed by atoms with E-state index in [0.29, 0.717) is 5.82 Å². The van der Waals surface area contributed by atoms with Crippen LogP contribution in [-0.2, 0) is 6.54 Å². The molecule has 3 aromatic heterocycles. The van der Waals surface area contributed by atoms with E-state index in [9.17, 15) is 9.59 Å². The molecular formula is C9H8N8O3. The minimum atomic E-state index is -0.786. The Bertz CT molecular complexity index is 860. The number of fused-ring (bicyclic) bond motifs is 1. The molecule has 0 atom stereocenters. The largest absolute Gasteiger partial charge is 0.364 e. The van der Waals surface area contributed by atoms with Gasteiger partial charge in [0.1, 0.15) is 12.9 Å². The van der Waals surface area contributed by atoms with E-state index >= 15 is 0 Å². The Morgan fingerprint density at radius 1 is 1.50 bits per heavy atom. The first kappa shape index (κ1) is 12.0. The number of amides is 1. The van der Waals surface area contributed by atoms with Crippen LogP contribution in [0.15, 0.2) is 15.6 Å². The van der Waals surface area contributed by atoms with Crippen LogP contribution in [-0.4, -0.2) is 40.4 Å². The fraction of sp³-hybridized carbons (Fsp3) is 0.222. The second-order valence-electron chi connectivity index (χ2n) is 3.92. The number of hydrogen-bond donors (Lipinski definition) is 1. The third kappa shape index (κ3) is 1.81. The van der Waals surface area contributed by atoms with Crippen molar-refractivity contribution in [2.24, 2.45) is 5.73 Å². The molecule has 0 aliphatic carbocycles. The lowest BCUT2D eigenvalue weighted by Crippen LogP contribution is -2.30. The van der Waals surface area contributed by atoms with Crippen LogP contribution in [0.2, 0.25) is 0 Å². The van der Waals surface area contributed by atoms with Gasteiger partial charge in [0.2, 0.25) is 5.89 Å². The molecule has 0 aromatic carbocycles. The van der Waals surface area contributed by atoms with E-state index in [2.05, 4.69) is 25.4 Å². The van der Waals surface area contributed by atoms with Gasteiger partial charge in [-0.2, -0.15) is 9.67 Å². The van der Waals surface area contributed by atoms with Gasteiger partial charge >= 0.3 is 5.69 Å². The molecule has 0 unspecified atom stereocenters. The van der Waals surface area contributed by atoms with Gasteiger partial charge in [0.05, 0.1) is 0 Å². The molecule has 3 heterocycles. The van der Waals surface area contributed by atoms with Gasteiger partial charge in [-0.3, -0.25) is 4.79 Å². The molecule has 3 rings (SSSR count). The average Bonchev–Trinajstić information content (AvgIpc) is 2.99. The molecule has 0 radical (unpaired) electrons. The lowest BCUT2D eigenvalue weighted by atomic mass is 10.4. The minimum Gasteiger partial charge on any atom is -0.364 e. The quantitative estimate of drug-likeness (QED) is 0.584. The van der Waals surface area contributed by atoms with Crippen molar-refractivity contribution in [3.63, 3.8) is 0 Å². The zero-order valence-corrected chi connectivity index (χ0v) is 10.2. The molecule has 20 heavy (non-hydrogen) atoms. The monoisotopic (exact) mass is 276 g/mol. The van der Waals surface area contributed by atoms with Crippen LogP contribution < -0.4 is 11.4 Å². The van der Waals surface area contributed by atoms with Crippen molar-refractivity contribution >= 4 is 11.6 Å². The van der Waals surface area contributed by atoms with E-state index in [1.807, 2.05) is 0 Å². The van der Waals surface area contributed by atoms with Crippen molar-refractivity contribution in [3.05, 3.63) is 34.2 Å². The molecule has 0 saturated heterocycles. The number of primary amides is 1. The summed E-state index contributed by atoms with van der Waals surface area (Å²) in [6.07, 6.45) is 1.15. The van der Waals surface area contributed by atoms with Crippen molar-refractivity contribution in [2.75, 3.05) is 0 Å². The van der Waals surface area contributed by atoms with Gasteiger partial charge in [0, 0.05) is 0 Å². The normalized spacial score (nSPS) is 11.1. The molecule has 102 valence electrons. The maximum atomic E-state index is 12.1. The van der Waals surface area contributed by atoms with E-state index in [-0.39, 0.29) is 23.8 Å². The smallest absolute Gasteiger partial charge is 0.353 e. The van der Waals surface area contributed by atoms with Gasteiger partial charge in [-0.05, 0) is 6.92 Å². The highest BCUT2D eigenvalue weighted by molar-refractivity contribution is 5.96. The summed E-state index contributed by atoms with van der Waals surface area (Å²) in [6.45, 7) is 1.62. The van der Waals surface area contributed by atoms with Crippen molar-refractivity contribution in [3.8, 4) is 0 Å². The third-order valence-electron chi connectivity index (χ3n) is 2.50. The maximum Gasteiger partial charge on any atom is 0.353 e. The lowest BCUT2D eigenvalue weighted by Gasteiger charge is -2.00. The van der Waals surface area contributed by atoms with Crippen LogP contribution in [0.4, 0.5) is 0 Å². The Morgan fingerprint density at radius 3 is 2.95 bits per heavy atom. The predicted octanol–water partition coefficient (Wildman–Crippen LogP) is -1.88. The first-order valence-corrected chi connectivity index (χ1v) is 5.46. The van der Waals surface area contributed by atoms with Gasteiger partial charge in [0.15, 0.2) is 17.2 Å². The number of imidazole rings is 1. The number of rotatable bonds is 3. The van der Waals surface area contributed by atoms with E-state index in [1.165, 1.54) is 0 Å². The van der Waals surface area contributed by atoms with Crippen molar-refractivity contribution < 1.29 is 9.32 Å². The van der Waals surface area contributed by atoms with E-state index in [0.717, 1.165) is 15.4 Å². The topological polar surface area (TPSA) is 147 Å². The second kappa shape index (κ2) is 4.22. The molecule has 3 aromatic rings. The number of nitrogens with zero attached hydrogens (tertiary/aromatic N) is 7. The summed E-state index contributed by atoms with van der Waals surface area (Å²) in [5, 5.41) is 11.0. The fourth-order valence-corrected chi connectivity index (χ4v) is 1.64. The maximum absolute atomic E-state index is 12.1. The van der Waals surface area contributed by atoms with Crippen molar-refractivity contribution in [2.45, 2.75) is 13.5 Å². The minimum absolute atomic E-state index is 0.000426. The summed E-state index contributed by atoms with van der Waals surface area (Å²) in [5.74, 6) is -0.124. The van der Waals surface area contributed by atoms with Gasteiger partial charge in [-0.25, -0.2) is 14.2 Å². The number of carbonyl (C=O) groups is 1. The van der Waals surface area contributed by atoms with Gasteiger partial charge in [-0.1, -0.05) is 10.4 Å². The summed E-state index contributed by atoms with van der Waals surface area (Å²) in [6, 6.07) is 0. The van der Waals surface area contributed by atoms with Crippen molar-refractivity contribution in [1.29, 1.82) is 0 Å². The SMILES string of the molecule is Cc1noc(Cn2nnc3c(C(N)=O)ncn3c2=O)n1. The second-order valence-corrected chi connectivity index (χ2v) is 3.92. The summed E-state index contributed by atoms with van der Waals surface area (Å²) in [7, 11) is 0. The van der Waals surface area contributed by atoms with Gasteiger partial charge in [0.25, 0.3) is 5.91 Å². The zero-order chi connectivity index (χ0) is 14.3. The molecule has 2 N–H and O–H groups in total. The first-order valence-electron chi connectivity index (χ1n) is 5.46. The lowest BCUT2D eigenvalue weighted by molar-refractivity contribution is 0.0997. The Kier molecular flexibility index (Phi) is 2.52. The van der Waals surface area contributed by atoms with Crippen LogP contribution in [0.1, 0.15) is 22.2 Å². The molecule has 11 heteroatoms. The highest BCUT2D eigenvalue weighted by Gasteiger charge is 2.16. The van der Waals surface area contributed by atoms with E-state index < -0.39 is 11.6 Å². The molecule has 0 spiro atoms. The average molecular weight is 276 g/mol. The van der Waals surface area contributed by atoms with E-state index in [4.69, 9.17) is 10.3 Å². The van der Waals surface area contributed by atoms with Crippen LogP contribution in [0.25, 0.3) is 5.65 Å². The first-order chi connectivity index (χ1) is 9.56. The highest BCUT2D eigenvalue weighted by atomic mass is 16.5. The third-order valence-corrected chi connectivity index (χ3v) is 2.50. The van der Waals surface area contributed by atoms with E-state index in [1.54, 1.807) is 6.92 Å². The fourth-order valence-electron chi connectivity index (χ4n) is 1.64. The Morgan fingerprint density at radius 2 is 2.30 bits per heavy atom. The Balaban J connectivity index is 2.08. The molecule has 0 aliphatic rings. The number of carbonyl (C=O) groups excluding carboxylic acids is 1. The molecule has 0 fully saturated rings.